The van der Waals surface area contributed by atoms with Crippen molar-refractivity contribution in [1.82, 2.24) is 10.6 Å². The van der Waals surface area contributed by atoms with Crippen LogP contribution in [-0.2, 0) is 9.59 Å². The number of nitrogens with one attached hydrogen (secondary N) is 2. The summed E-state index contributed by atoms with van der Waals surface area (Å²) in [4.78, 5) is 36.0. The maximum Gasteiger partial charge on any atom is 0.328 e. The molecule has 1 fully saturated rings. The molecule has 1 heterocycles. The van der Waals surface area contributed by atoms with E-state index in [0.29, 0.717) is 17.9 Å². The van der Waals surface area contributed by atoms with Crippen molar-refractivity contribution in [1.29, 1.82) is 0 Å². The van der Waals surface area contributed by atoms with Gasteiger partial charge in [-0.05, 0) is 59.8 Å². The van der Waals surface area contributed by atoms with Gasteiger partial charge in [-0.1, -0.05) is 55.8 Å². The number of carbonyl (C=O) groups excluding carboxylic acids is 3. The minimum atomic E-state index is -0.765. The van der Waals surface area contributed by atoms with Gasteiger partial charge in [0.15, 0.2) is 0 Å². The maximum atomic E-state index is 12.3. The number of hydrogen-bond donors (Lipinski definition) is 2. The predicted octanol–water partition coefficient (Wildman–Crippen LogP) is 3.81. The SMILES string of the molecule is Cc1ccc(C2=CC3=CC(=C4C(=O)NC(=O)NC4=O)CC(C)(C)C3CC2)cc1. The first-order valence-corrected chi connectivity index (χ1v) is 9.63. The van der Waals surface area contributed by atoms with Gasteiger partial charge in [0.2, 0.25) is 0 Å². The molecule has 2 aliphatic carbocycles. The number of carbonyl (C=O) groups is 3. The van der Waals surface area contributed by atoms with Gasteiger partial charge in [-0.25, -0.2) is 4.79 Å². The monoisotopic (exact) mass is 376 g/mol. The number of hydrogen-bond acceptors (Lipinski definition) is 3. The first-order valence-electron chi connectivity index (χ1n) is 9.63. The van der Waals surface area contributed by atoms with Gasteiger partial charge in [0.05, 0.1) is 0 Å². The molecule has 1 unspecified atom stereocenters. The summed E-state index contributed by atoms with van der Waals surface area (Å²) in [6.07, 6.45) is 6.87. The first kappa shape index (κ1) is 18.4. The quantitative estimate of drug-likeness (QED) is 0.578. The van der Waals surface area contributed by atoms with Gasteiger partial charge in [-0.2, -0.15) is 0 Å². The van der Waals surface area contributed by atoms with E-state index in [-0.39, 0.29) is 11.0 Å². The number of barbiturate groups is 1. The minimum absolute atomic E-state index is 0.0504. The van der Waals surface area contributed by atoms with Crippen LogP contribution in [0.5, 0.6) is 0 Å². The third-order valence-corrected chi connectivity index (χ3v) is 6.03. The Morgan fingerprint density at radius 2 is 1.61 bits per heavy atom. The Bertz CT molecular complexity index is 956. The van der Waals surface area contributed by atoms with Crippen LogP contribution in [-0.4, -0.2) is 17.8 Å². The normalized spacial score (nSPS) is 24.1. The molecule has 1 aliphatic heterocycles. The fourth-order valence-electron chi connectivity index (χ4n) is 4.60. The van der Waals surface area contributed by atoms with Gasteiger partial charge in [-0.3, -0.25) is 20.2 Å². The first-order chi connectivity index (χ1) is 13.2. The van der Waals surface area contributed by atoms with Gasteiger partial charge < -0.3 is 0 Å². The Hall–Kier alpha value is -2.95. The third-order valence-electron chi connectivity index (χ3n) is 6.03. The topological polar surface area (TPSA) is 75.3 Å². The van der Waals surface area contributed by atoms with Crippen LogP contribution < -0.4 is 10.6 Å². The summed E-state index contributed by atoms with van der Waals surface area (Å²) in [5, 5.41) is 4.37. The van der Waals surface area contributed by atoms with E-state index in [1.807, 2.05) is 6.08 Å². The second kappa shape index (κ2) is 6.59. The van der Waals surface area contributed by atoms with E-state index in [2.05, 4.69) is 61.7 Å². The van der Waals surface area contributed by atoms with Crippen LogP contribution in [0.4, 0.5) is 4.79 Å². The molecular weight excluding hydrogens is 352 g/mol. The highest BCUT2D eigenvalue weighted by Crippen LogP contribution is 2.50. The second-order valence-corrected chi connectivity index (χ2v) is 8.57. The van der Waals surface area contributed by atoms with E-state index in [1.54, 1.807) is 0 Å². The van der Waals surface area contributed by atoms with Gasteiger partial charge in [0, 0.05) is 0 Å². The van der Waals surface area contributed by atoms with Crippen molar-refractivity contribution in [2.24, 2.45) is 11.3 Å². The lowest BCUT2D eigenvalue weighted by atomic mass is 9.62. The van der Waals surface area contributed by atoms with Crippen LogP contribution in [0.2, 0.25) is 0 Å². The lowest BCUT2D eigenvalue weighted by molar-refractivity contribution is -0.124. The zero-order chi connectivity index (χ0) is 20.1. The Balaban J connectivity index is 1.79. The third kappa shape index (κ3) is 3.21. The van der Waals surface area contributed by atoms with Crippen molar-refractivity contribution in [3.8, 4) is 0 Å². The van der Waals surface area contributed by atoms with Crippen molar-refractivity contribution in [3.63, 3.8) is 0 Å². The predicted molar refractivity (Wildman–Crippen MR) is 107 cm³/mol. The van der Waals surface area contributed by atoms with E-state index in [1.165, 1.54) is 16.7 Å². The molecule has 5 nitrogen and oxygen atoms in total. The van der Waals surface area contributed by atoms with Gasteiger partial charge in [-0.15, -0.1) is 0 Å². The minimum Gasteiger partial charge on any atom is -0.273 e. The molecule has 4 amide bonds. The number of allylic oxidation sites excluding steroid dienone is 5. The van der Waals surface area contributed by atoms with Crippen LogP contribution >= 0.6 is 0 Å². The standard InChI is InChI=1S/C23H24N2O3/c1-13-4-6-14(7-5-13)15-8-9-18-16(10-15)11-17(12-23(18,2)3)19-20(26)24-22(28)25-21(19)27/h4-7,10-11,18H,8-9,12H2,1-3H3,(H2,24,25,26,27,28). The summed E-state index contributed by atoms with van der Waals surface area (Å²) in [5.74, 6) is -0.857. The molecule has 28 heavy (non-hydrogen) atoms. The Labute approximate surface area is 164 Å². The molecule has 1 atom stereocenters. The number of amides is 4. The highest BCUT2D eigenvalue weighted by molar-refractivity contribution is 6.29. The molecule has 3 aliphatic rings. The molecule has 1 saturated heterocycles. The molecule has 0 aromatic heterocycles. The summed E-state index contributed by atoms with van der Waals surface area (Å²) in [6.45, 7) is 6.43. The smallest absolute Gasteiger partial charge is 0.273 e. The Kier molecular flexibility index (Phi) is 4.33. The number of rotatable bonds is 1. The van der Waals surface area contributed by atoms with E-state index in [0.717, 1.165) is 18.4 Å². The van der Waals surface area contributed by atoms with Crippen LogP contribution in [0, 0.1) is 18.3 Å². The summed E-state index contributed by atoms with van der Waals surface area (Å²) in [5.41, 5.74) is 5.53. The second-order valence-electron chi connectivity index (χ2n) is 8.57. The molecule has 4 rings (SSSR count). The molecule has 0 spiro atoms. The zero-order valence-electron chi connectivity index (χ0n) is 16.4. The average Bonchev–Trinajstić information content (AvgIpc) is 2.60. The van der Waals surface area contributed by atoms with E-state index in [9.17, 15) is 14.4 Å². The molecule has 0 radical (unpaired) electrons. The lowest BCUT2D eigenvalue weighted by Gasteiger charge is -2.42. The van der Waals surface area contributed by atoms with Gasteiger partial charge >= 0.3 is 6.03 Å². The average molecular weight is 376 g/mol. The van der Waals surface area contributed by atoms with E-state index < -0.39 is 17.8 Å². The highest BCUT2D eigenvalue weighted by atomic mass is 16.2. The van der Waals surface area contributed by atoms with Gasteiger partial charge in [0.25, 0.3) is 11.8 Å². The van der Waals surface area contributed by atoms with Crippen LogP contribution in [0.3, 0.4) is 0 Å². The molecule has 1 aromatic carbocycles. The largest absolute Gasteiger partial charge is 0.328 e. The van der Waals surface area contributed by atoms with Crippen molar-refractivity contribution < 1.29 is 14.4 Å². The van der Waals surface area contributed by atoms with Crippen LogP contribution in [0.1, 0.15) is 44.2 Å². The highest BCUT2D eigenvalue weighted by Gasteiger charge is 2.40. The van der Waals surface area contributed by atoms with Crippen LogP contribution in [0.15, 0.2) is 53.1 Å². The Morgan fingerprint density at radius 3 is 2.25 bits per heavy atom. The molecule has 1 aromatic rings. The number of benzene rings is 1. The summed E-state index contributed by atoms with van der Waals surface area (Å²) in [7, 11) is 0. The molecule has 0 bridgehead atoms. The molecule has 144 valence electrons. The van der Waals surface area contributed by atoms with E-state index >= 15 is 0 Å². The van der Waals surface area contributed by atoms with Gasteiger partial charge in [0.1, 0.15) is 5.57 Å². The number of aryl methyl sites for hydroxylation is 1. The fraction of sp³-hybridized carbons (Fsp3) is 0.348. The van der Waals surface area contributed by atoms with Crippen molar-refractivity contribution in [2.75, 3.05) is 0 Å². The van der Waals surface area contributed by atoms with Crippen LogP contribution in [0.25, 0.3) is 5.57 Å². The van der Waals surface area contributed by atoms with Crippen molar-refractivity contribution in [3.05, 3.63) is 64.3 Å². The summed E-state index contributed by atoms with van der Waals surface area (Å²) in [6, 6.07) is 7.75. The van der Waals surface area contributed by atoms with E-state index in [4.69, 9.17) is 0 Å². The summed E-state index contributed by atoms with van der Waals surface area (Å²) >= 11 is 0. The molecular formula is C23H24N2O3. The van der Waals surface area contributed by atoms with Crippen molar-refractivity contribution >= 4 is 23.4 Å². The lowest BCUT2D eigenvalue weighted by Crippen LogP contribution is -2.52. The number of imide groups is 2. The number of fused-ring (bicyclic) bond motifs is 1. The zero-order valence-corrected chi connectivity index (χ0v) is 16.4. The molecule has 2 N–H and O–H groups in total. The fourth-order valence-corrected chi connectivity index (χ4v) is 4.60. The molecule has 5 heteroatoms. The number of urea groups is 1. The summed E-state index contributed by atoms with van der Waals surface area (Å²) < 4.78 is 0. The Morgan fingerprint density at radius 1 is 0.964 bits per heavy atom. The van der Waals surface area contributed by atoms with Crippen molar-refractivity contribution in [2.45, 2.75) is 40.0 Å². The molecule has 0 saturated carbocycles. The maximum absolute atomic E-state index is 12.3.